The van der Waals surface area contributed by atoms with E-state index in [1.807, 2.05) is 32.0 Å². The third-order valence-electron chi connectivity index (χ3n) is 4.95. The number of likely N-dealkylation sites (N-methyl/N-ethyl adjacent to an activating group) is 1. The third-order valence-corrected chi connectivity index (χ3v) is 7.49. The van der Waals surface area contributed by atoms with Crippen molar-refractivity contribution in [3.63, 3.8) is 0 Å². The molecule has 1 fully saturated rings. The number of nitrogens with one attached hydrogen (secondary N) is 1. The maximum atomic E-state index is 12.9. The van der Waals surface area contributed by atoms with Crippen molar-refractivity contribution in [2.24, 2.45) is 0 Å². The second kappa shape index (κ2) is 8.19. The number of rotatable bonds is 6. The first-order valence-corrected chi connectivity index (χ1v) is 11.3. The molecule has 1 aliphatic heterocycles. The summed E-state index contributed by atoms with van der Waals surface area (Å²) in [5.41, 5.74) is 1.72. The van der Waals surface area contributed by atoms with E-state index in [0.29, 0.717) is 11.4 Å². The van der Waals surface area contributed by atoms with E-state index in [1.165, 1.54) is 4.88 Å². The normalized spacial score (nSPS) is 18.1. The first-order chi connectivity index (χ1) is 12.4. The second-order valence-electron chi connectivity index (χ2n) is 6.99. The number of sulfonamides is 1. The number of hydrogen-bond acceptors (Lipinski definition) is 5. The van der Waals surface area contributed by atoms with Crippen molar-refractivity contribution in [2.45, 2.75) is 24.8 Å². The molecule has 2 aromatic rings. The predicted octanol–water partition coefficient (Wildman–Crippen LogP) is 2.63. The predicted molar refractivity (Wildman–Crippen MR) is 107 cm³/mol. The van der Waals surface area contributed by atoms with Crippen molar-refractivity contribution >= 4 is 21.4 Å². The highest BCUT2D eigenvalue weighted by atomic mass is 32.2. The van der Waals surface area contributed by atoms with Gasteiger partial charge in [0.25, 0.3) is 0 Å². The van der Waals surface area contributed by atoms with Crippen LogP contribution in [0, 0.1) is 13.8 Å². The van der Waals surface area contributed by atoms with Crippen LogP contribution >= 0.6 is 11.3 Å². The molecule has 1 atom stereocenters. The summed E-state index contributed by atoms with van der Waals surface area (Å²) in [5.74, 6) is 0. The molecule has 1 unspecified atom stereocenters. The molecular weight excluding hydrogens is 366 g/mol. The van der Waals surface area contributed by atoms with Crippen LogP contribution in [0.25, 0.3) is 0 Å². The van der Waals surface area contributed by atoms with Crippen LogP contribution in [0.3, 0.4) is 0 Å². The first kappa shape index (κ1) is 19.5. The van der Waals surface area contributed by atoms with E-state index in [1.54, 1.807) is 17.4 Å². The Hall–Kier alpha value is -1.25. The molecular formula is C19H27N3O2S2. The van der Waals surface area contributed by atoms with Crippen LogP contribution in [0.2, 0.25) is 0 Å². The van der Waals surface area contributed by atoms with E-state index >= 15 is 0 Å². The van der Waals surface area contributed by atoms with Gasteiger partial charge in [0.1, 0.15) is 0 Å². The Labute approximate surface area is 160 Å². The zero-order valence-corrected chi connectivity index (χ0v) is 17.2. The molecule has 0 bridgehead atoms. The van der Waals surface area contributed by atoms with Crippen molar-refractivity contribution in [2.75, 3.05) is 39.8 Å². The Kier molecular flexibility index (Phi) is 6.14. The minimum atomic E-state index is -3.53. The summed E-state index contributed by atoms with van der Waals surface area (Å²) in [6, 6.07) is 9.74. The molecule has 1 aliphatic rings. The molecule has 1 aromatic heterocycles. The largest absolute Gasteiger partial charge is 0.304 e. The van der Waals surface area contributed by atoms with Gasteiger partial charge < -0.3 is 4.90 Å². The van der Waals surface area contributed by atoms with Crippen molar-refractivity contribution in [1.29, 1.82) is 0 Å². The first-order valence-electron chi connectivity index (χ1n) is 8.90. The van der Waals surface area contributed by atoms with Gasteiger partial charge in [0.2, 0.25) is 10.0 Å². The number of nitrogens with zero attached hydrogens (tertiary/aromatic N) is 2. The molecule has 2 heterocycles. The van der Waals surface area contributed by atoms with Gasteiger partial charge in [-0.1, -0.05) is 18.2 Å². The minimum absolute atomic E-state index is 0.0728. The van der Waals surface area contributed by atoms with Gasteiger partial charge in [-0.05, 0) is 49.5 Å². The van der Waals surface area contributed by atoms with Gasteiger partial charge in [-0.3, -0.25) is 4.90 Å². The van der Waals surface area contributed by atoms with E-state index in [0.717, 1.165) is 37.3 Å². The van der Waals surface area contributed by atoms with E-state index in [-0.39, 0.29) is 6.04 Å². The molecule has 0 radical (unpaired) electrons. The van der Waals surface area contributed by atoms with Crippen molar-refractivity contribution in [3.8, 4) is 0 Å². The molecule has 1 aromatic carbocycles. The number of piperazine rings is 1. The van der Waals surface area contributed by atoms with E-state index in [4.69, 9.17) is 0 Å². The fraction of sp³-hybridized carbons (Fsp3) is 0.474. The topological polar surface area (TPSA) is 52.7 Å². The average Bonchev–Trinajstić information content (AvgIpc) is 3.13. The van der Waals surface area contributed by atoms with Crippen LogP contribution in [0.1, 0.15) is 22.0 Å². The van der Waals surface area contributed by atoms with Gasteiger partial charge in [0, 0.05) is 37.6 Å². The van der Waals surface area contributed by atoms with E-state index < -0.39 is 10.0 Å². The Bertz CT molecular complexity index is 826. The zero-order chi connectivity index (χ0) is 18.7. The van der Waals surface area contributed by atoms with Crippen molar-refractivity contribution in [1.82, 2.24) is 14.5 Å². The van der Waals surface area contributed by atoms with Gasteiger partial charge in [-0.2, -0.15) is 0 Å². The number of thiophene rings is 1. The van der Waals surface area contributed by atoms with Gasteiger partial charge in [0.15, 0.2) is 0 Å². The lowest BCUT2D eigenvalue weighted by Crippen LogP contribution is -2.48. The molecule has 1 N–H and O–H groups in total. The molecule has 142 valence electrons. The van der Waals surface area contributed by atoms with E-state index in [2.05, 4.69) is 33.0 Å². The molecule has 0 aliphatic carbocycles. The average molecular weight is 394 g/mol. The van der Waals surface area contributed by atoms with Crippen LogP contribution in [-0.2, 0) is 10.0 Å². The lowest BCUT2D eigenvalue weighted by molar-refractivity contribution is 0.114. The SMILES string of the molecule is Cc1ccc(C)c(S(=O)(=O)NCC(c2cccs2)N2CCN(C)CC2)c1. The van der Waals surface area contributed by atoms with Gasteiger partial charge >= 0.3 is 0 Å². The quantitative estimate of drug-likeness (QED) is 0.820. The van der Waals surface area contributed by atoms with Crippen molar-refractivity contribution < 1.29 is 8.42 Å². The third kappa shape index (κ3) is 4.53. The summed E-state index contributed by atoms with van der Waals surface area (Å²) in [4.78, 5) is 6.28. The van der Waals surface area contributed by atoms with Crippen molar-refractivity contribution in [3.05, 3.63) is 51.7 Å². The number of aryl methyl sites for hydroxylation is 2. The summed E-state index contributed by atoms with van der Waals surface area (Å²) in [7, 11) is -1.41. The maximum Gasteiger partial charge on any atom is 0.240 e. The number of benzene rings is 1. The van der Waals surface area contributed by atoms with Crippen LogP contribution in [0.5, 0.6) is 0 Å². The molecule has 26 heavy (non-hydrogen) atoms. The second-order valence-corrected chi connectivity index (χ2v) is 9.71. The summed E-state index contributed by atoms with van der Waals surface area (Å²) >= 11 is 1.69. The van der Waals surface area contributed by atoms with Crippen LogP contribution in [-0.4, -0.2) is 58.0 Å². The Morgan fingerprint density at radius 1 is 1.15 bits per heavy atom. The standard InChI is InChI=1S/C19H27N3O2S2/c1-15-6-7-16(2)19(13-15)26(23,24)20-14-17(18-5-4-12-25-18)22-10-8-21(3)9-11-22/h4-7,12-13,17,20H,8-11,14H2,1-3H3. The molecule has 1 saturated heterocycles. The smallest absolute Gasteiger partial charge is 0.240 e. The summed E-state index contributed by atoms with van der Waals surface area (Å²) in [6.45, 7) is 8.05. The Morgan fingerprint density at radius 2 is 1.88 bits per heavy atom. The maximum absolute atomic E-state index is 12.9. The summed E-state index contributed by atoms with van der Waals surface area (Å²) in [6.07, 6.45) is 0. The lowest BCUT2D eigenvalue weighted by Gasteiger charge is -2.37. The molecule has 0 amide bonds. The molecule has 0 saturated carbocycles. The zero-order valence-electron chi connectivity index (χ0n) is 15.6. The Morgan fingerprint density at radius 3 is 2.54 bits per heavy atom. The highest BCUT2D eigenvalue weighted by Crippen LogP contribution is 2.26. The fourth-order valence-electron chi connectivity index (χ4n) is 3.29. The monoisotopic (exact) mass is 393 g/mol. The minimum Gasteiger partial charge on any atom is -0.304 e. The molecule has 5 nitrogen and oxygen atoms in total. The van der Waals surface area contributed by atoms with Crippen LogP contribution in [0.4, 0.5) is 0 Å². The fourth-order valence-corrected chi connectivity index (χ4v) is 5.51. The molecule has 7 heteroatoms. The Balaban J connectivity index is 1.78. The molecule has 3 rings (SSSR count). The van der Waals surface area contributed by atoms with Gasteiger partial charge in [0.05, 0.1) is 10.9 Å². The van der Waals surface area contributed by atoms with Crippen LogP contribution in [0.15, 0.2) is 40.6 Å². The summed E-state index contributed by atoms with van der Waals surface area (Å²) < 4.78 is 28.6. The highest BCUT2D eigenvalue weighted by molar-refractivity contribution is 7.89. The van der Waals surface area contributed by atoms with Gasteiger partial charge in [-0.15, -0.1) is 11.3 Å². The highest BCUT2D eigenvalue weighted by Gasteiger charge is 2.27. The number of hydrogen-bond donors (Lipinski definition) is 1. The lowest BCUT2D eigenvalue weighted by atomic mass is 10.2. The molecule has 0 spiro atoms. The van der Waals surface area contributed by atoms with Crippen LogP contribution < -0.4 is 4.72 Å². The van der Waals surface area contributed by atoms with E-state index in [9.17, 15) is 8.42 Å². The summed E-state index contributed by atoms with van der Waals surface area (Å²) in [5, 5.41) is 2.05. The van der Waals surface area contributed by atoms with Gasteiger partial charge in [-0.25, -0.2) is 13.1 Å².